The van der Waals surface area contributed by atoms with Crippen molar-refractivity contribution in [2.24, 2.45) is 11.7 Å². The molecule has 0 spiro atoms. The Kier molecular flexibility index (Phi) is 4.14. The van der Waals surface area contributed by atoms with Gasteiger partial charge in [-0.05, 0) is 18.1 Å². The monoisotopic (exact) mass is 274 g/mol. The largest absolute Gasteiger partial charge is 0.383 e. The van der Waals surface area contributed by atoms with Gasteiger partial charge in [0.25, 0.3) is 5.69 Å². The fourth-order valence-corrected chi connectivity index (χ4v) is 1.95. The molecular weight excluding hydrogens is 256 g/mol. The van der Waals surface area contributed by atoms with E-state index in [-0.39, 0.29) is 11.7 Å². The number of hydrogen-bond donors (Lipinski definition) is 2. The van der Waals surface area contributed by atoms with Crippen LogP contribution in [0, 0.1) is 16.0 Å². The van der Waals surface area contributed by atoms with Crippen molar-refractivity contribution in [3.8, 4) is 0 Å². The third-order valence-electron chi connectivity index (χ3n) is 3.38. The van der Waals surface area contributed by atoms with Crippen molar-refractivity contribution in [3.63, 3.8) is 0 Å². The predicted molar refractivity (Wildman–Crippen MR) is 79.7 cm³/mol. The van der Waals surface area contributed by atoms with Crippen LogP contribution in [0.1, 0.15) is 13.8 Å². The van der Waals surface area contributed by atoms with Crippen LogP contribution >= 0.6 is 0 Å². The Hall–Kier alpha value is -2.21. The summed E-state index contributed by atoms with van der Waals surface area (Å²) in [6, 6.07) is 5.01. The summed E-state index contributed by atoms with van der Waals surface area (Å²) in [6.07, 6.45) is 3.14. The van der Waals surface area contributed by atoms with E-state index < -0.39 is 4.92 Å². The van der Waals surface area contributed by atoms with Gasteiger partial charge in [-0.25, -0.2) is 0 Å². The minimum atomic E-state index is -0.395. The molecule has 6 nitrogen and oxygen atoms in total. The van der Waals surface area contributed by atoms with E-state index in [1.54, 1.807) is 18.3 Å². The number of hydrogen-bond acceptors (Lipinski definition) is 5. The molecule has 2 rings (SSSR count). The summed E-state index contributed by atoms with van der Waals surface area (Å²) in [5.41, 5.74) is 6.90. The molecular formula is C14H18N4O2. The van der Waals surface area contributed by atoms with E-state index in [1.807, 2.05) is 0 Å². The molecule has 0 amide bonds. The number of aromatic nitrogens is 1. The quantitative estimate of drug-likeness (QED) is 0.645. The number of rotatable bonds is 5. The number of benzene rings is 1. The van der Waals surface area contributed by atoms with Crippen molar-refractivity contribution >= 4 is 22.1 Å². The molecule has 0 aliphatic heterocycles. The molecule has 1 unspecified atom stereocenters. The summed E-state index contributed by atoms with van der Waals surface area (Å²) >= 11 is 0. The molecule has 20 heavy (non-hydrogen) atoms. The lowest BCUT2D eigenvalue weighted by Gasteiger charge is -2.17. The summed E-state index contributed by atoms with van der Waals surface area (Å²) in [4.78, 5) is 14.6. The van der Waals surface area contributed by atoms with Gasteiger partial charge in [0.15, 0.2) is 0 Å². The standard InChI is InChI=1S/C14H18N4O2/c1-9(2)12(15)8-17-13-3-4-14(18(19)20)11-7-16-6-5-10(11)13/h3-7,9,12,17H,8,15H2,1-2H3. The second-order valence-corrected chi connectivity index (χ2v) is 5.10. The van der Waals surface area contributed by atoms with Gasteiger partial charge < -0.3 is 11.1 Å². The lowest BCUT2D eigenvalue weighted by molar-refractivity contribution is -0.383. The van der Waals surface area contributed by atoms with Gasteiger partial charge in [-0.3, -0.25) is 15.1 Å². The lowest BCUT2D eigenvalue weighted by Crippen LogP contribution is -2.34. The molecule has 0 aliphatic rings. The molecule has 0 fully saturated rings. The van der Waals surface area contributed by atoms with Crippen LogP contribution in [0.2, 0.25) is 0 Å². The Labute approximate surface area is 117 Å². The van der Waals surface area contributed by atoms with Gasteiger partial charge in [-0.2, -0.15) is 0 Å². The molecule has 0 saturated carbocycles. The fourth-order valence-electron chi connectivity index (χ4n) is 1.95. The van der Waals surface area contributed by atoms with Crippen LogP contribution in [0.25, 0.3) is 10.8 Å². The van der Waals surface area contributed by atoms with Gasteiger partial charge in [0.2, 0.25) is 0 Å². The molecule has 0 bridgehead atoms. The lowest BCUT2D eigenvalue weighted by atomic mass is 10.0. The molecule has 2 aromatic rings. The molecule has 0 aliphatic carbocycles. The zero-order valence-corrected chi connectivity index (χ0v) is 11.5. The molecule has 1 atom stereocenters. The van der Waals surface area contributed by atoms with Gasteiger partial charge in [-0.15, -0.1) is 0 Å². The maximum Gasteiger partial charge on any atom is 0.278 e. The van der Waals surface area contributed by atoms with Gasteiger partial charge in [0, 0.05) is 42.1 Å². The average Bonchev–Trinajstić information content (AvgIpc) is 2.43. The van der Waals surface area contributed by atoms with Crippen molar-refractivity contribution in [1.29, 1.82) is 0 Å². The summed E-state index contributed by atoms with van der Waals surface area (Å²) < 4.78 is 0. The highest BCUT2D eigenvalue weighted by atomic mass is 16.6. The van der Waals surface area contributed by atoms with E-state index in [1.165, 1.54) is 12.3 Å². The number of non-ortho nitro benzene ring substituents is 1. The molecule has 0 saturated heterocycles. The molecule has 1 aromatic heterocycles. The smallest absolute Gasteiger partial charge is 0.278 e. The van der Waals surface area contributed by atoms with E-state index in [0.29, 0.717) is 17.8 Å². The summed E-state index contributed by atoms with van der Waals surface area (Å²) in [5, 5.41) is 15.6. The van der Waals surface area contributed by atoms with Crippen molar-refractivity contribution < 1.29 is 4.92 Å². The predicted octanol–water partition coefficient (Wildman–Crippen LogP) is 2.54. The van der Waals surface area contributed by atoms with E-state index in [9.17, 15) is 10.1 Å². The van der Waals surface area contributed by atoms with E-state index in [2.05, 4.69) is 24.1 Å². The van der Waals surface area contributed by atoms with Crippen LogP contribution in [0.5, 0.6) is 0 Å². The SMILES string of the molecule is CC(C)C(N)CNc1ccc([N+](=O)[O-])c2cnccc12. The maximum absolute atomic E-state index is 11.0. The van der Waals surface area contributed by atoms with E-state index in [0.717, 1.165) is 11.1 Å². The second kappa shape index (κ2) is 5.83. The molecule has 6 heteroatoms. The summed E-state index contributed by atoms with van der Waals surface area (Å²) in [6.45, 7) is 4.74. The van der Waals surface area contributed by atoms with Crippen LogP contribution in [0.3, 0.4) is 0 Å². The maximum atomic E-state index is 11.0. The first kappa shape index (κ1) is 14.2. The van der Waals surface area contributed by atoms with Gasteiger partial charge in [0.05, 0.1) is 10.3 Å². The van der Waals surface area contributed by atoms with Crippen LogP contribution in [0.4, 0.5) is 11.4 Å². The van der Waals surface area contributed by atoms with Crippen molar-refractivity contribution in [2.45, 2.75) is 19.9 Å². The topological polar surface area (TPSA) is 94.1 Å². The number of nitrogens with one attached hydrogen (secondary N) is 1. The van der Waals surface area contributed by atoms with Crippen molar-refractivity contribution in [1.82, 2.24) is 4.98 Å². The number of nitro benzene ring substituents is 1. The van der Waals surface area contributed by atoms with Crippen molar-refractivity contribution in [2.75, 3.05) is 11.9 Å². The first-order valence-corrected chi connectivity index (χ1v) is 6.51. The molecule has 1 aromatic carbocycles. The number of nitrogens with zero attached hydrogens (tertiary/aromatic N) is 2. The molecule has 3 N–H and O–H groups in total. The van der Waals surface area contributed by atoms with Gasteiger partial charge >= 0.3 is 0 Å². The second-order valence-electron chi connectivity index (χ2n) is 5.10. The van der Waals surface area contributed by atoms with Gasteiger partial charge in [-0.1, -0.05) is 13.8 Å². The highest BCUT2D eigenvalue weighted by Gasteiger charge is 2.15. The minimum Gasteiger partial charge on any atom is -0.383 e. The summed E-state index contributed by atoms with van der Waals surface area (Å²) in [5.74, 6) is 0.369. The third kappa shape index (κ3) is 2.85. The Morgan fingerprint density at radius 3 is 2.75 bits per heavy atom. The number of nitrogens with two attached hydrogens (primary N) is 1. The highest BCUT2D eigenvalue weighted by Crippen LogP contribution is 2.30. The molecule has 0 radical (unpaired) electrons. The minimum absolute atomic E-state index is 0.0297. The van der Waals surface area contributed by atoms with Crippen molar-refractivity contribution in [3.05, 3.63) is 40.7 Å². The van der Waals surface area contributed by atoms with Crippen LogP contribution in [-0.2, 0) is 0 Å². The van der Waals surface area contributed by atoms with Crippen LogP contribution < -0.4 is 11.1 Å². The number of pyridine rings is 1. The van der Waals surface area contributed by atoms with Gasteiger partial charge in [0.1, 0.15) is 0 Å². The van der Waals surface area contributed by atoms with E-state index >= 15 is 0 Å². The first-order valence-electron chi connectivity index (χ1n) is 6.51. The normalized spacial score (nSPS) is 12.6. The highest BCUT2D eigenvalue weighted by molar-refractivity contribution is 5.99. The third-order valence-corrected chi connectivity index (χ3v) is 3.38. The van der Waals surface area contributed by atoms with E-state index in [4.69, 9.17) is 5.73 Å². The molecule has 106 valence electrons. The zero-order valence-electron chi connectivity index (χ0n) is 11.5. The Morgan fingerprint density at radius 1 is 1.35 bits per heavy atom. The van der Waals surface area contributed by atoms with Crippen LogP contribution in [-0.4, -0.2) is 22.5 Å². The fraction of sp³-hybridized carbons (Fsp3) is 0.357. The Bertz CT molecular complexity index is 628. The van der Waals surface area contributed by atoms with Crippen LogP contribution in [0.15, 0.2) is 30.6 Å². The first-order chi connectivity index (χ1) is 9.50. The number of anilines is 1. The summed E-state index contributed by atoms with van der Waals surface area (Å²) in [7, 11) is 0. The zero-order chi connectivity index (χ0) is 14.7. The number of fused-ring (bicyclic) bond motifs is 1. The Balaban J connectivity index is 2.36. The average molecular weight is 274 g/mol. The Morgan fingerprint density at radius 2 is 2.10 bits per heavy atom. The molecule has 1 heterocycles. The number of nitro groups is 1.